The SMILES string of the molecule is CC(C)CCOc1ccc(-c2nn(-c3ccccc3)cc2/C=C2/SC(=S)N(C3CCS(=O)(=O)C3)C2=O)cc1. The van der Waals surface area contributed by atoms with E-state index in [9.17, 15) is 13.2 Å². The van der Waals surface area contributed by atoms with Gasteiger partial charge in [0.1, 0.15) is 10.1 Å². The molecule has 1 amide bonds. The Labute approximate surface area is 232 Å². The summed E-state index contributed by atoms with van der Waals surface area (Å²) in [7, 11) is -3.15. The molecule has 0 saturated carbocycles. The van der Waals surface area contributed by atoms with Crippen LogP contribution in [-0.4, -0.2) is 57.5 Å². The standard InChI is InChI=1S/C28H29N3O4S3/c1-19(2)12-14-35-24-10-8-20(9-11-24)26-21(17-30(29-26)22-6-4-3-5-7-22)16-25-27(32)31(28(36)37-25)23-13-15-38(33,34)18-23/h3-11,16-17,19,23H,12-15,18H2,1-2H3/b25-16+. The molecule has 0 spiro atoms. The molecule has 10 heteroatoms. The molecule has 3 heterocycles. The van der Waals surface area contributed by atoms with Gasteiger partial charge in [0.2, 0.25) is 0 Å². The summed E-state index contributed by atoms with van der Waals surface area (Å²) in [6.07, 6.45) is 5.09. The van der Waals surface area contributed by atoms with Crippen molar-refractivity contribution in [3.8, 4) is 22.7 Å². The number of ether oxygens (including phenoxy) is 1. The lowest BCUT2D eigenvalue weighted by Gasteiger charge is -2.20. The van der Waals surface area contributed by atoms with Crippen LogP contribution in [0.3, 0.4) is 0 Å². The highest BCUT2D eigenvalue weighted by Crippen LogP contribution is 2.38. The van der Waals surface area contributed by atoms with Crippen LogP contribution in [0, 0.1) is 5.92 Å². The molecule has 0 radical (unpaired) electrons. The Hall–Kier alpha value is -2.95. The summed E-state index contributed by atoms with van der Waals surface area (Å²) >= 11 is 6.70. The largest absolute Gasteiger partial charge is 0.494 e. The zero-order valence-electron chi connectivity index (χ0n) is 21.2. The van der Waals surface area contributed by atoms with Crippen molar-refractivity contribution in [1.82, 2.24) is 14.7 Å². The van der Waals surface area contributed by atoms with Gasteiger partial charge in [0.05, 0.1) is 40.4 Å². The number of nitrogens with zero attached hydrogens (tertiary/aromatic N) is 3. The minimum Gasteiger partial charge on any atom is -0.494 e. The van der Waals surface area contributed by atoms with E-state index in [0.717, 1.165) is 34.7 Å². The van der Waals surface area contributed by atoms with Gasteiger partial charge in [-0.05, 0) is 61.2 Å². The second-order valence-electron chi connectivity index (χ2n) is 9.88. The number of benzene rings is 2. The fourth-order valence-corrected chi connectivity index (χ4v) is 7.56. The number of carbonyl (C=O) groups excluding carboxylic acids is 1. The van der Waals surface area contributed by atoms with Crippen molar-refractivity contribution in [2.45, 2.75) is 32.7 Å². The molecule has 1 atom stereocenters. The van der Waals surface area contributed by atoms with E-state index in [0.29, 0.717) is 28.2 Å². The third-order valence-corrected chi connectivity index (χ3v) is 9.62. The molecule has 2 aliphatic heterocycles. The number of sulfone groups is 1. The maximum Gasteiger partial charge on any atom is 0.266 e. The molecule has 7 nitrogen and oxygen atoms in total. The van der Waals surface area contributed by atoms with Crippen LogP contribution in [0.2, 0.25) is 0 Å². The van der Waals surface area contributed by atoms with Crippen molar-refractivity contribution in [2.24, 2.45) is 5.92 Å². The minimum atomic E-state index is -3.15. The van der Waals surface area contributed by atoms with E-state index >= 15 is 0 Å². The van der Waals surface area contributed by atoms with Gasteiger partial charge in [-0.2, -0.15) is 5.10 Å². The Balaban J connectivity index is 1.46. The number of para-hydroxylation sites is 1. The second-order valence-corrected chi connectivity index (χ2v) is 13.8. The van der Waals surface area contributed by atoms with E-state index in [2.05, 4.69) is 13.8 Å². The average molecular weight is 568 g/mol. The highest BCUT2D eigenvalue weighted by atomic mass is 32.2. The molecule has 2 aliphatic rings. The van der Waals surface area contributed by atoms with Crippen molar-refractivity contribution < 1.29 is 17.9 Å². The molecule has 3 aromatic rings. The molecule has 0 aliphatic carbocycles. The van der Waals surface area contributed by atoms with Crippen LogP contribution < -0.4 is 4.74 Å². The number of carbonyl (C=O) groups is 1. The van der Waals surface area contributed by atoms with Crippen LogP contribution in [0.25, 0.3) is 23.0 Å². The third-order valence-electron chi connectivity index (χ3n) is 6.54. The topological polar surface area (TPSA) is 81.5 Å². The number of thioether (sulfide) groups is 1. The van der Waals surface area contributed by atoms with E-state index in [1.54, 1.807) is 10.8 Å². The molecular formula is C28H29N3O4S3. The number of thiocarbonyl (C=S) groups is 1. The zero-order chi connectivity index (χ0) is 26.9. The summed E-state index contributed by atoms with van der Waals surface area (Å²) in [5.74, 6) is 1.15. The summed E-state index contributed by atoms with van der Waals surface area (Å²) < 4.78 is 32.1. The molecule has 198 valence electrons. The van der Waals surface area contributed by atoms with Crippen molar-refractivity contribution in [2.75, 3.05) is 18.1 Å². The third kappa shape index (κ3) is 5.87. The van der Waals surface area contributed by atoms with E-state index in [4.69, 9.17) is 22.1 Å². The summed E-state index contributed by atoms with van der Waals surface area (Å²) in [5, 5.41) is 4.85. The van der Waals surface area contributed by atoms with Gasteiger partial charge in [-0.1, -0.05) is 56.0 Å². The van der Waals surface area contributed by atoms with Gasteiger partial charge >= 0.3 is 0 Å². The van der Waals surface area contributed by atoms with Crippen LogP contribution in [0.5, 0.6) is 5.75 Å². The van der Waals surface area contributed by atoms with Gasteiger partial charge in [-0.15, -0.1) is 0 Å². The molecule has 5 rings (SSSR count). The maximum absolute atomic E-state index is 13.3. The number of rotatable bonds is 8. The Morgan fingerprint density at radius 3 is 2.55 bits per heavy atom. The Bertz CT molecular complexity index is 1480. The highest BCUT2D eigenvalue weighted by molar-refractivity contribution is 8.26. The first kappa shape index (κ1) is 26.6. The van der Waals surface area contributed by atoms with Crippen molar-refractivity contribution in [3.05, 3.63) is 71.3 Å². The monoisotopic (exact) mass is 567 g/mol. The number of hydrogen-bond donors (Lipinski definition) is 0. The molecule has 2 saturated heterocycles. The molecule has 38 heavy (non-hydrogen) atoms. The zero-order valence-corrected chi connectivity index (χ0v) is 23.7. The minimum absolute atomic E-state index is 0.0461. The van der Waals surface area contributed by atoms with E-state index in [1.165, 1.54) is 16.7 Å². The van der Waals surface area contributed by atoms with Gasteiger partial charge < -0.3 is 4.74 Å². The quantitative estimate of drug-likeness (QED) is 0.268. The smallest absolute Gasteiger partial charge is 0.266 e. The lowest BCUT2D eigenvalue weighted by molar-refractivity contribution is -0.123. The first-order valence-corrected chi connectivity index (χ1v) is 15.6. The lowest BCUT2D eigenvalue weighted by atomic mass is 10.1. The molecule has 0 N–H and O–H groups in total. The van der Waals surface area contributed by atoms with Crippen LogP contribution in [0.4, 0.5) is 0 Å². The van der Waals surface area contributed by atoms with Gasteiger partial charge in [-0.25, -0.2) is 13.1 Å². The van der Waals surface area contributed by atoms with Crippen LogP contribution in [0.15, 0.2) is 65.7 Å². The van der Waals surface area contributed by atoms with Crippen LogP contribution in [-0.2, 0) is 14.6 Å². The summed E-state index contributed by atoms with van der Waals surface area (Å²) in [6, 6.07) is 17.2. The lowest BCUT2D eigenvalue weighted by Crippen LogP contribution is -2.39. The summed E-state index contributed by atoms with van der Waals surface area (Å²) in [4.78, 5) is 15.3. The molecule has 0 bridgehead atoms. The maximum atomic E-state index is 13.3. The van der Waals surface area contributed by atoms with Gasteiger partial charge in [0.25, 0.3) is 5.91 Å². The summed E-state index contributed by atoms with van der Waals surface area (Å²) in [5.41, 5.74) is 3.27. The molecule has 1 aromatic heterocycles. The number of hydrogen-bond acceptors (Lipinski definition) is 7. The predicted octanol–water partition coefficient (Wildman–Crippen LogP) is 5.35. The first-order chi connectivity index (χ1) is 18.2. The first-order valence-electron chi connectivity index (χ1n) is 12.6. The predicted molar refractivity (Wildman–Crippen MR) is 156 cm³/mol. The number of amides is 1. The Morgan fingerprint density at radius 1 is 1.16 bits per heavy atom. The number of aromatic nitrogens is 2. The van der Waals surface area contributed by atoms with Crippen LogP contribution in [0.1, 0.15) is 32.3 Å². The Morgan fingerprint density at radius 2 is 1.89 bits per heavy atom. The van der Waals surface area contributed by atoms with Gasteiger partial charge in [0.15, 0.2) is 9.84 Å². The second kappa shape index (κ2) is 11.0. The summed E-state index contributed by atoms with van der Waals surface area (Å²) in [6.45, 7) is 5.00. The molecule has 1 unspecified atom stereocenters. The molecule has 2 fully saturated rings. The fraction of sp³-hybridized carbons (Fsp3) is 0.321. The van der Waals surface area contributed by atoms with E-state index in [1.807, 2.05) is 60.8 Å². The van der Waals surface area contributed by atoms with Crippen molar-refractivity contribution in [1.29, 1.82) is 0 Å². The average Bonchev–Trinajstić information content (AvgIpc) is 3.55. The van der Waals surface area contributed by atoms with Crippen molar-refractivity contribution >= 4 is 50.1 Å². The van der Waals surface area contributed by atoms with E-state index in [-0.39, 0.29) is 17.4 Å². The molecular weight excluding hydrogens is 539 g/mol. The Kier molecular flexibility index (Phi) is 7.74. The van der Waals surface area contributed by atoms with Gasteiger partial charge in [-0.3, -0.25) is 9.69 Å². The highest BCUT2D eigenvalue weighted by Gasteiger charge is 2.42. The molecule has 2 aromatic carbocycles. The fourth-order valence-electron chi connectivity index (χ4n) is 4.47. The van der Waals surface area contributed by atoms with Gasteiger partial charge in [0, 0.05) is 17.3 Å². The van der Waals surface area contributed by atoms with Crippen LogP contribution >= 0.6 is 24.0 Å². The normalized spacial score (nSPS) is 20.1. The van der Waals surface area contributed by atoms with Crippen molar-refractivity contribution in [3.63, 3.8) is 0 Å². The van der Waals surface area contributed by atoms with E-state index < -0.39 is 15.9 Å².